The first-order chi connectivity index (χ1) is 11.1. The highest BCUT2D eigenvalue weighted by Gasteiger charge is 2.44. The lowest BCUT2D eigenvalue weighted by atomic mass is 9.96. The number of aliphatic imine (C=N–C) groups is 1. The zero-order valence-corrected chi connectivity index (χ0v) is 14.5. The number of nitrogens with zero attached hydrogens (tertiary/aromatic N) is 2. The van der Waals surface area contributed by atoms with Gasteiger partial charge in [0, 0.05) is 18.5 Å². The van der Waals surface area contributed by atoms with E-state index in [1.807, 2.05) is 6.07 Å². The number of guanidine groups is 1. The number of benzene rings is 1. The van der Waals surface area contributed by atoms with Crippen molar-refractivity contribution < 1.29 is 4.39 Å². The molecule has 5 heteroatoms. The molecule has 1 saturated carbocycles. The molecule has 23 heavy (non-hydrogen) atoms. The molecule has 0 bridgehead atoms. The van der Waals surface area contributed by atoms with Crippen LogP contribution in [0, 0.1) is 5.82 Å². The summed E-state index contributed by atoms with van der Waals surface area (Å²) in [5.41, 5.74) is 1.11. The van der Waals surface area contributed by atoms with E-state index in [0.717, 1.165) is 50.4 Å². The summed E-state index contributed by atoms with van der Waals surface area (Å²) < 4.78 is 13.5. The van der Waals surface area contributed by atoms with Crippen LogP contribution in [0.5, 0.6) is 0 Å². The molecular formula is C18H29FN4. The summed E-state index contributed by atoms with van der Waals surface area (Å²) in [5.74, 6) is 0.695. The maximum absolute atomic E-state index is 13.5. The molecule has 0 aromatic heterocycles. The third-order valence-corrected chi connectivity index (χ3v) is 4.25. The Bertz CT molecular complexity index is 524. The van der Waals surface area contributed by atoms with Crippen LogP contribution in [0.4, 0.5) is 4.39 Å². The molecule has 1 aromatic rings. The van der Waals surface area contributed by atoms with Gasteiger partial charge in [-0.15, -0.1) is 0 Å². The maximum Gasteiger partial charge on any atom is 0.191 e. The number of rotatable bonds is 8. The average molecular weight is 320 g/mol. The van der Waals surface area contributed by atoms with Gasteiger partial charge in [-0.2, -0.15) is 0 Å². The molecule has 1 aromatic carbocycles. The normalized spacial score (nSPS) is 16.5. The van der Waals surface area contributed by atoms with Crippen molar-refractivity contribution in [3.63, 3.8) is 0 Å². The van der Waals surface area contributed by atoms with Crippen molar-refractivity contribution in [3.8, 4) is 0 Å². The number of nitrogens with one attached hydrogen (secondary N) is 2. The summed E-state index contributed by atoms with van der Waals surface area (Å²) in [6.45, 7) is 5.57. The molecule has 4 nitrogen and oxygen atoms in total. The van der Waals surface area contributed by atoms with Crippen LogP contribution in [0.15, 0.2) is 29.3 Å². The van der Waals surface area contributed by atoms with E-state index in [4.69, 9.17) is 4.99 Å². The molecule has 1 fully saturated rings. The molecule has 1 aliphatic carbocycles. The Balaban J connectivity index is 1.91. The molecule has 0 saturated heterocycles. The first-order valence-corrected chi connectivity index (χ1v) is 8.49. The van der Waals surface area contributed by atoms with Crippen LogP contribution in [0.25, 0.3) is 0 Å². The van der Waals surface area contributed by atoms with Gasteiger partial charge in [-0.05, 0) is 64.5 Å². The van der Waals surface area contributed by atoms with Gasteiger partial charge in [0.1, 0.15) is 5.82 Å². The summed E-state index contributed by atoms with van der Waals surface area (Å²) in [5, 5.41) is 6.66. The topological polar surface area (TPSA) is 39.7 Å². The zero-order chi connectivity index (χ0) is 16.7. The van der Waals surface area contributed by atoms with E-state index in [0.29, 0.717) is 6.54 Å². The molecule has 0 heterocycles. The van der Waals surface area contributed by atoms with E-state index in [-0.39, 0.29) is 11.2 Å². The Labute approximate surface area is 139 Å². The van der Waals surface area contributed by atoms with Gasteiger partial charge in [0.05, 0.1) is 6.54 Å². The first kappa shape index (κ1) is 17.7. The molecule has 0 aliphatic heterocycles. The fourth-order valence-corrected chi connectivity index (χ4v) is 2.68. The van der Waals surface area contributed by atoms with Crippen molar-refractivity contribution in [2.24, 2.45) is 4.99 Å². The SMILES string of the molecule is CCNC(=NCC1(c2cccc(F)c2)CC1)NCCCN(C)C. The molecule has 0 radical (unpaired) electrons. The van der Waals surface area contributed by atoms with Gasteiger partial charge < -0.3 is 15.5 Å². The standard InChI is InChI=1S/C18H29FN4/c1-4-20-17(21-11-6-12-23(2)3)22-14-18(9-10-18)15-7-5-8-16(19)13-15/h5,7-8,13H,4,6,9-12,14H2,1-3H3,(H2,20,21,22). The van der Waals surface area contributed by atoms with Crippen LogP contribution in [0.2, 0.25) is 0 Å². The van der Waals surface area contributed by atoms with Gasteiger partial charge in [0.15, 0.2) is 5.96 Å². The van der Waals surface area contributed by atoms with E-state index in [1.165, 1.54) is 6.07 Å². The van der Waals surface area contributed by atoms with Crippen molar-refractivity contribution in [2.75, 3.05) is 40.3 Å². The summed E-state index contributed by atoms with van der Waals surface area (Å²) in [4.78, 5) is 6.90. The minimum absolute atomic E-state index is 0.0358. The molecule has 128 valence electrons. The third kappa shape index (κ3) is 5.50. The van der Waals surface area contributed by atoms with Crippen molar-refractivity contribution in [3.05, 3.63) is 35.6 Å². The van der Waals surface area contributed by atoms with E-state index < -0.39 is 0 Å². The van der Waals surface area contributed by atoms with E-state index in [1.54, 1.807) is 12.1 Å². The summed E-state index contributed by atoms with van der Waals surface area (Å²) >= 11 is 0. The van der Waals surface area contributed by atoms with E-state index >= 15 is 0 Å². The molecule has 0 unspecified atom stereocenters. The molecule has 0 spiro atoms. The maximum atomic E-state index is 13.5. The minimum Gasteiger partial charge on any atom is -0.357 e. The number of halogens is 1. The lowest BCUT2D eigenvalue weighted by Gasteiger charge is -2.16. The molecular weight excluding hydrogens is 291 g/mol. The van der Waals surface area contributed by atoms with Crippen molar-refractivity contribution >= 4 is 5.96 Å². The van der Waals surface area contributed by atoms with E-state index in [9.17, 15) is 4.39 Å². The van der Waals surface area contributed by atoms with Crippen molar-refractivity contribution in [1.82, 2.24) is 15.5 Å². The Hall–Kier alpha value is -1.62. The lowest BCUT2D eigenvalue weighted by Crippen LogP contribution is -2.39. The van der Waals surface area contributed by atoms with Gasteiger partial charge in [-0.1, -0.05) is 12.1 Å². The minimum atomic E-state index is -0.161. The smallest absolute Gasteiger partial charge is 0.191 e. The second-order valence-corrected chi connectivity index (χ2v) is 6.57. The van der Waals surface area contributed by atoms with Crippen LogP contribution in [-0.2, 0) is 5.41 Å². The van der Waals surface area contributed by atoms with Gasteiger partial charge in [-0.25, -0.2) is 4.39 Å². The van der Waals surface area contributed by atoms with Crippen LogP contribution in [0.1, 0.15) is 31.7 Å². The summed E-state index contributed by atoms with van der Waals surface area (Å²) in [6.07, 6.45) is 3.24. The lowest BCUT2D eigenvalue weighted by molar-refractivity contribution is 0.399. The van der Waals surface area contributed by atoms with Gasteiger partial charge in [0.25, 0.3) is 0 Å². The highest BCUT2D eigenvalue weighted by atomic mass is 19.1. The third-order valence-electron chi connectivity index (χ3n) is 4.25. The number of hydrogen-bond acceptors (Lipinski definition) is 2. The van der Waals surface area contributed by atoms with Gasteiger partial charge in [0.2, 0.25) is 0 Å². The fourth-order valence-electron chi connectivity index (χ4n) is 2.68. The van der Waals surface area contributed by atoms with Crippen LogP contribution in [-0.4, -0.2) is 51.1 Å². The Kier molecular flexibility index (Phi) is 6.39. The fraction of sp³-hybridized carbons (Fsp3) is 0.611. The molecule has 0 amide bonds. The highest BCUT2D eigenvalue weighted by Crippen LogP contribution is 2.48. The van der Waals surface area contributed by atoms with Gasteiger partial charge in [-0.3, -0.25) is 4.99 Å². The average Bonchev–Trinajstić information content (AvgIpc) is 3.30. The first-order valence-electron chi connectivity index (χ1n) is 8.49. The highest BCUT2D eigenvalue weighted by molar-refractivity contribution is 5.79. The Morgan fingerprint density at radius 2 is 2.09 bits per heavy atom. The molecule has 2 rings (SSSR count). The van der Waals surface area contributed by atoms with Crippen LogP contribution < -0.4 is 10.6 Å². The zero-order valence-electron chi connectivity index (χ0n) is 14.5. The van der Waals surface area contributed by atoms with Crippen molar-refractivity contribution in [1.29, 1.82) is 0 Å². The summed E-state index contributed by atoms with van der Waals surface area (Å²) in [7, 11) is 4.16. The largest absolute Gasteiger partial charge is 0.357 e. The summed E-state index contributed by atoms with van der Waals surface area (Å²) in [6, 6.07) is 6.96. The molecule has 0 atom stereocenters. The van der Waals surface area contributed by atoms with E-state index in [2.05, 4.69) is 36.6 Å². The number of hydrogen-bond donors (Lipinski definition) is 2. The second-order valence-electron chi connectivity index (χ2n) is 6.57. The van der Waals surface area contributed by atoms with Crippen LogP contribution >= 0.6 is 0 Å². The quantitative estimate of drug-likeness (QED) is 0.439. The Morgan fingerprint density at radius 1 is 1.30 bits per heavy atom. The monoisotopic (exact) mass is 320 g/mol. The van der Waals surface area contributed by atoms with Crippen LogP contribution in [0.3, 0.4) is 0 Å². The predicted molar refractivity (Wildman–Crippen MR) is 94.5 cm³/mol. The van der Waals surface area contributed by atoms with Gasteiger partial charge >= 0.3 is 0 Å². The Morgan fingerprint density at radius 3 is 2.70 bits per heavy atom. The predicted octanol–water partition coefficient (Wildman–Crippen LogP) is 2.36. The molecule has 1 aliphatic rings. The molecule has 2 N–H and O–H groups in total. The van der Waals surface area contributed by atoms with Crippen molar-refractivity contribution in [2.45, 2.75) is 31.6 Å². The second kappa shape index (κ2) is 8.29.